The fraction of sp³-hybridized carbons (Fsp3) is 0.200. The van der Waals surface area contributed by atoms with E-state index in [0.29, 0.717) is 11.1 Å². The molecule has 5 aromatic rings. The molecule has 0 spiro atoms. The normalized spacial score (nSPS) is 11.8. The predicted molar refractivity (Wildman–Crippen MR) is 177 cm³/mol. The van der Waals surface area contributed by atoms with Gasteiger partial charge in [-0.2, -0.15) is 0 Å². The molecule has 0 aliphatic heterocycles. The maximum Gasteiger partial charge on any atom is 0.316 e. The van der Waals surface area contributed by atoms with Crippen molar-refractivity contribution in [3.63, 3.8) is 0 Å². The molecule has 230 valence electrons. The van der Waals surface area contributed by atoms with Gasteiger partial charge in [-0.05, 0) is 41.2 Å². The zero-order valence-electron chi connectivity index (χ0n) is 25.6. The molecule has 10 heteroatoms. The number of nitrogens with zero attached hydrogens (tertiary/aromatic N) is 4. The van der Waals surface area contributed by atoms with Gasteiger partial charge >= 0.3 is 6.01 Å². The smallest absolute Gasteiger partial charge is 0.316 e. The second-order valence-corrected chi connectivity index (χ2v) is 13.1. The Morgan fingerprint density at radius 2 is 1.40 bits per heavy atom. The number of rotatable bonds is 11. The van der Waals surface area contributed by atoms with Gasteiger partial charge in [-0.25, -0.2) is 28.4 Å². The van der Waals surface area contributed by atoms with Crippen LogP contribution in [0, 0.1) is 6.92 Å². The van der Waals surface area contributed by atoms with Crippen molar-refractivity contribution in [1.29, 1.82) is 0 Å². The van der Waals surface area contributed by atoms with Crippen LogP contribution in [0.4, 0.5) is 5.82 Å². The zero-order valence-corrected chi connectivity index (χ0v) is 26.5. The Bertz CT molecular complexity index is 1850. The van der Waals surface area contributed by atoms with Gasteiger partial charge in [0.1, 0.15) is 19.5 Å². The van der Waals surface area contributed by atoms with Crippen LogP contribution >= 0.6 is 0 Å². The molecular formula is C35H35N5O4S. The van der Waals surface area contributed by atoms with Gasteiger partial charge in [-0.3, -0.25) is 4.72 Å². The van der Waals surface area contributed by atoms with E-state index in [0.717, 1.165) is 22.3 Å². The molecule has 2 heterocycles. The van der Waals surface area contributed by atoms with Gasteiger partial charge in [0.15, 0.2) is 5.82 Å². The van der Waals surface area contributed by atoms with Crippen molar-refractivity contribution in [1.82, 2.24) is 19.9 Å². The number of nitrogens with one attached hydrogen (secondary N) is 1. The molecule has 9 nitrogen and oxygen atoms in total. The average Bonchev–Trinajstić information content (AvgIpc) is 3.03. The van der Waals surface area contributed by atoms with Crippen molar-refractivity contribution in [2.75, 3.05) is 17.9 Å². The van der Waals surface area contributed by atoms with Gasteiger partial charge in [-0.15, -0.1) is 0 Å². The third-order valence-electron chi connectivity index (χ3n) is 6.88. The SMILES string of the molecule is Cc1ccc(-c2c(NS(=O)(=O)c3ccc(C(C)(C)C)cc3)ncnc2OCCOc2ncc(C=Cc3ccccc3)cn2)cc1. The van der Waals surface area contributed by atoms with Crippen molar-refractivity contribution >= 4 is 28.0 Å². The van der Waals surface area contributed by atoms with Gasteiger partial charge < -0.3 is 9.47 Å². The Labute approximate surface area is 264 Å². The van der Waals surface area contributed by atoms with Crippen molar-refractivity contribution in [2.45, 2.75) is 38.0 Å². The topological polar surface area (TPSA) is 116 Å². The molecule has 5 rings (SSSR count). The van der Waals surface area contributed by atoms with Crippen LogP contribution in [0.1, 0.15) is 43.0 Å². The molecular weight excluding hydrogens is 586 g/mol. The second kappa shape index (κ2) is 13.7. The van der Waals surface area contributed by atoms with Crippen LogP contribution in [-0.4, -0.2) is 41.6 Å². The van der Waals surface area contributed by atoms with Crippen LogP contribution < -0.4 is 14.2 Å². The van der Waals surface area contributed by atoms with E-state index in [1.54, 1.807) is 24.5 Å². The minimum Gasteiger partial charge on any atom is -0.473 e. The van der Waals surface area contributed by atoms with Gasteiger partial charge in [0.2, 0.25) is 5.88 Å². The number of hydrogen-bond acceptors (Lipinski definition) is 8. The maximum atomic E-state index is 13.4. The van der Waals surface area contributed by atoms with Gasteiger partial charge in [0.25, 0.3) is 10.0 Å². The van der Waals surface area contributed by atoms with Crippen LogP contribution in [0.3, 0.4) is 0 Å². The molecule has 1 N–H and O–H groups in total. The van der Waals surface area contributed by atoms with Crippen LogP contribution in [-0.2, 0) is 15.4 Å². The highest BCUT2D eigenvalue weighted by molar-refractivity contribution is 7.92. The van der Waals surface area contributed by atoms with E-state index in [1.165, 1.54) is 6.33 Å². The number of sulfonamides is 1. The lowest BCUT2D eigenvalue weighted by molar-refractivity contribution is 0.202. The Morgan fingerprint density at radius 3 is 2.07 bits per heavy atom. The minimum atomic E-state index is -3.96. The number of hydrogen-bond donors (Lipinski definition) is 1. The summed E-state index contributed by atoms with van der Waals surface area (Å²) in [6.45, 7) is 8.44. The summed E-state index contributed by atoms with van der Waals surface area (Å²) >= 11 is 0. The largest absolute Gasteiger partial charge is 0.473 e. The summed E-state index contributed by atoms with van der Waals surface area (Å²) in [4.78, 5) is 17.3. The first-order chi connectivity index (χ1) is 21.6. The molecule has 0 saturated heterocycles. The molecule has 0 saturated carbocycles. The summed E-state index contributed by atoms with van der Waals surface area (Å²) in [6, 6.07) is 24.6. The van der Waals surface area contributed by atoms with E-state index in [2.05, 4.69) is 45.4 Å². The Hall–Kier alpha value is -5.09. The molecule has 2 aromatic heterocycles. The molecule has 3 aromatic carbocycles. The highest BCUT2D eigenvalue weighted by Crippen LogP contribution is 2.35. The Kier molecular flexibility index (Phi) is 9.53. The van der Waals surface area contributed by atoms with Gasteiger partial charge in [0.05, 0.1) is 10.5 Å². The van der Waals surface area contributed by atoms with Crippen LogP contribution in [0.25, 0.3) is 23.3 Å². The molecule has 0 unspecified atom stereocenters. The van der Waals surface area contributed by atoms with E-state index >= 15 is 0 Å². The lowest BCUT2D eigenvalue weighted by atomic mass is 9.87. The molecule has 0 fully saturated rings. The van der Waals surface area contributed by atoms with Crippen LogP contribution in [0.5, 0.6) is 11.9 Å². The summed E-state index contributed by atoms with van der Waals surface area (Å²) in [6.07, 6.45) is 8.53. The first-order valence-electron chi connectivity index (χ1n) is 14.4. The van der Waals surface area contributed by atoms with Crippen molar-refractivity contribution < 1.29 is 17.9 Å². The number of aromatic nitrogens is 4. The molecule has 0 radical (unpaired) electrons. The van der Waals surface area contributed by atoms with Gasteiger partial charge in [0, 0.05) is 18.0 Å². The third-order valence-corrected chi connectivity index (χ3v) is 8.24. The third kappa shape index (κ3) is 8.30. The number of anilines is 1. The van der Waals surface area contributed by atoms with E-state index in [1.807, 2.05) is 85.8 Å². The van der Waals surface area contributed by atoms with E-state index in [9.17, 15) is 8.42 Å². The molecule has 0 atom stereocenters. The fourth-order valence-electron chi connectivity index (χ4n) is 4.37. The summed E-state index contributed by atoms with van der Waals surface area (Å²) in [5.74, 6) is 0.313. The van der Waals surface area contributed by atoms with E-state index in [-0.39, 0.29) is 41.2 Å². The molecule has 0 aliphatic carbocycles. The van der Waals surface area contributed by atoms with E-state index in [4.69, 9.17) is 9.47 Å². The monoisotopic (exact) mass is 621 g/mol. The molecule has 45 heavy (non-hydrogen) atoms. The van der Waals surface area contributed by atoms with Crippen LogP contribution in [0.2, 0.25) is 0 Å². The standard InChI is InChI=1S/C35H35N5O4S/c1-25-10-14-28(15-11-25)31-32(40-45(41,42)30-18-16-29(17-19-30)35(2,3)4)38-24-39-33(31)43-20-21-44-34-36-22-27(23-37-34)13-12-26-8-6-5-7-9-26/h5-19,22-24H,20-21H2,1-4H3,(H,38,39,40). The second-order valence-electron chi connectivity index (χ2n) is 11.4. The Balaban J connectivity index is 1.29. The summed E-state index contributed by atoms with van der Waals surface area (Å²) < 4.78 is 41.1. The first-order valence-corrected chi connectivity index (χ1v) is 15.9. The van der Waals surface area contributed by atoms with Gasteiger partial charge in [-0.1, -0.05) is 105 Å². The number of aryl methyl sites for hydroxylation is 1. The summed E-state index contributed by atoms with van der Waals surface area (Å²) in [5.41, 5.74) is 5.00. The van der Waals surface area contributed by atoms with Crippen molar-refractivity contribution in [3.05, 3.63) is 120 Å². The molecule has 0 amide bonds. The Morgan fingerprint density at radius 1 is 0.756 bits per heavy atom. The molecule has 0 bridgehead atoms. The average molecular weight is 622 g/mol. The maximum absolute atomic E-state index is 13.4. The van der Waals surface area contributed by atoms with Crippen LogP contribution in [0.15, 0.2) is 102 Å². The van der Waals surface area contributed by atoms with E-state index < -0.39 is 10.0 Å². The van der Waals surface area contributed by atoms with Crippen molar-refractivity contribution in [3.8, 4) is 23.0 Å². The first kappa shape index (κ1) is 31.3. The lowest BCUT2D eigenvalue weighted by Crippen LogP contribution is -2.17. The summed E-state index contributed by atoms with van der Waals surface area (Å²) in [5, 5.41) is 0. The number of benzene rings is 3. The highest BCUT2D eigenvalue weighted by Gasteiger charge is 2.22. The minimum absolute atomic E-state index is 0.104. The highest BCUT2D eigenvalue weighted by atomic mass is 32.2. The predicted octanol–water partition coefficient (Wildman–Crippen LogP) is 6.97. The number of ether oxygens (including phenoxy) is 2. The summed E-state index contributed by atoms with van der Waals surface area (Å²) in [7, 11) is -3.96. The zero-order chi connectivity index (χ0) is 31.9. The van der Waals surface area contributed by atoms with Crippen molar-refractivity contribution in [2.24, 2.45) is 0 Å². The lowest BCUT2D eigenvalue weighted by Gasteiger charge is -2.19. The quantitative estimate of drug-likeness (QED) is 0.157. The fourth-order valence-corrected chi connectivity index (χ4v) is 5.39. The molecule has 0 aliphatic rings.